The van der Waals surface area contributed by atoms with Gasteiger partial charge in [-0.1, -0.05) is 12.1 Å². The molecule has 1 fully saturated rings. The standard InChI is InChI=1S/C18H26N2O5S2/c1-18(9-11-27(23,24)12-18)20-17(22)14(8-10-26-3)19-16(21)13-6-4-5-7-15(13)25-2/h4-7,14H,8-12H2,1-3H3,(H,19,21)(H,20,22). The van der Waals surface area contributed by atoms with E-state index in [1.165, 1.54) is 7.11 Å². The van der Waals surface area contributed by atoms with Crippen LogP contribution in [0.2, 0.25) is 0 Å². The van der Waals surface area contributed by atoms with Crippen LogP contribution in [0, 0.1) is 0 Å². The van der Waals surface area contributed by atoms with Gasteiger partial charge in [-0.25, -0.2) is 8.42 Å². The fraction of sp³-hybridized carbons (Fsp3) is 0.556. The molecule has 1 saturated heterocycles. The lowest BCUT2D eigenvalue weighted by Crippen LogP contribution is -2.55. The maximum Gasteiger partial charge on any atom is 0.255 e. The third-order valence-corrected chi connectivity index (χ3v) is 7.06. The molecule has 9 heteroatoms. The Balaban J connectivity index is 2.12. The third kappa shape index (κ3) is 5.87. The summed E-state index contributed by atoms with van der Waals surface area (Å²) in [5.74, 6) is 0.311. The number of amides is 2. The maximum absolute atomic E-state index is 12.8. The number of carbonyl (C=O) groups is 2. The first-order valence-electron chi connectivity index (χ1n) is 8.65. The highest BCUT2D eigenvalue weighted by Gasteiger charge is 2.40. The van der Waals surface area contributed by atoms with Crippen molar-refractivity contribution in [1.29, 1.82) is 0 Å². The first-order valence-corrected chi connectivity index (χ1v) is 11.9. The minimum Gasteiger partial charge on any atom is -0.496 e. The molecular formula is C18H26N2O5S2. The highest BCUT2D eigenvalue weighted by Crippen LogP contribution is 2.23. The smallest absolute Gasteiger partial charge is 0.255 e. The molecule has 1 aromatic rings. The number of carbonyl (C=O) groups excluding carboxylic acids is 2. The molecule has 1 heterocycles. The second-order valence-electron chi connectivity index (χ2n) is 6.90. The number of para-hydroxylation sites is 1. The molecule has 0 aromatic heterocycles. The van der Waals surface area contributed by atoms with Gasteiger partial charge in [-0.3, -0.25) is 9.59 Å². The Bertz CT molecular complexity index is 797. The van der Waals surface area contributed by atoms with Gasteiger partial charge in [-0.15, -0.1) is 0 Å². The second-order valence-corrected chi connectivity index (χ2v) is 10.1. The molecule has 1 aromatic carbocycles. The van der Waals surface area contributed by atoms with Crippen LogP contribution in [0.15, 0.2) is 24.3 Å². The summed E-state index contributed by atoms with van der Waals surface area (Å²) in [5.41, 5.74) is -0.459. The van der Waals surface area contributed by atoms with E-state index in [0.717, 1.165) is 0 Å². The van der Waals surface area contributed by atoms with E-state index in [1.54, 1.807) is 43.0 Å². The van der Waals surface area contributed by atoms with Gasteiger partial charge < -0.3 is 15.4 Å². The van der Waals surface area contributed by atoms with Crippen molar-refractivity contribution in [3.05, 3.63) is 29.8 Å². The summed E-state index contributed by atoms with van der Waals surface area (Å²) in [6, 6.07) is 6.03. The monoisotopic (exact) mass is 414 g/mol. The van der Waals surface area contributed by atoms with Crippen LogP contribution in [0.3, 0.4) is 0 Å². The molecule has 27 heavy (non-hydrogen) atoms. The van der Waals surface area contributed by atoms with Crippen LogP contribution in [-0.2, 0) is 14.6 Å². The van der Waals surface area contributed by atoms with Crippen LogP contribution in [-0.4, -0.2) is 62.4 Å². The fourth-order valence-electron chi connectivity index (χ4n) is 3.07. The molecule has 0 saturated carbocycles. The summed E-state index contributed by atoms with van der Waals surface area (Å²) in [4.78, 5) is 25.4. The number of sulfone groups is 1. The molecule has 2 rings (SSSR count). The SMILES string of the molecule is COc1ccccc1C(=O)NC(CCSC)C(=O)NC1(C)CCS(=O)(=O)C1. The molecule has 0 radical (unpaired) electrons. The maximum atomic E-state index is 12.8. The Kier molecular flexibility index (Phi) is 7.16. The number of nitrogens with one attached hydrogen (secondary N) is 2. The number of benzene rings is 1. The van der Waals surface area contributed by atoms with Crippen molar-refractivity contribution in [2.75, 3.05) is 30.6 Å². The normalized spacial score (nSPS) is 22.0. The van der Waals surface area contributed by atoms with Crippen LogP contribution in [0.4, 0.5) is 0 Å². The van der Waals surface area contributed by atoms with E-state index >= 15 is 0 Å². The predicted octanol–water partition coefficient (Wildman–Crippen LogP) is 1.24. The summed E-state index contributed by atoms with van der Waals surface area (Å²) in [5, 5.41) is 5.59. The molecule has 0 aliphatic carbocycles. The molecule has 0 bridgehead atoms. The van der Waals surface area contributed by atoms with Gasteiger partial charge >= 0.3 is 0 Å². The van der Waals surface area contributed by atoms with Gasteiger partial charge in [0.25, 0.3) is 5.91 Å². The van der Waals surface area contributed by atoms with Gasteiger partial charge in [0.05, 0.1) is 29.7 Å². The highest BCUT2D eigenvalue weighted by atomic mass is 32.2. The minimum atomic E-state index is -3.14. The lowest BCUT2D eigenvalue weighted by Gasteiger charge is -2.27. The molecule has 0 spiro atoms. The molecule has 2 amide bonds. The summed E-state index contributed by atoms with van der Waals surface area (Å²) in [7, 11) is -1.66. The molecular weight excluding hydrogens is 388 g/mol. The van der Waals surface area contributed by atoms with Crippen molar-refractivity contribution in [3.8, 4) is 5.75 Å². The van der Waals surface area contributed by atoms with E-state index < -0.39 is 27.3 Å². The van der Waals surface area contributed by atoms with Crippen LogP contribution < -0.4 is 15.4 Å². The second kappa shape index (κ2) is 8.97. The van der Waals surface area contributed by atoms with E-state index in [2.05, 4.69) is 10.6 Å². The van der Waals surface area contributed by atoms with Crippen molar-refractivity contribution in [1.82, 2.24) is 10.6 Å². The van der Waals surface area contributed by atoms with Crippen molar-refractivity contribution in [3.63, 3.8) is 0 Å². The van der Waals surface area contributed by atoms with Gasteiger partial charge in [0.1, 0.15) is 11.8 Å². The number of hydrogen-bond acceptors (Lipinski definition) is 6. The van der Waals surface area contributed by atoms with Gasteiger partial charge in [0.2, 0.25) is 5.91 Å². The number of rotatable bonds is 8. The van der Waals surface area contributed by atoms with E-state index in [1.807, 2.05) is 6.26 Å². The molecule has 1 aliphatic rings. The lowest BCUT2D eigenvalue weighted by molar-refractivity contribution is -0.124. The number of thioether (sulfide) groups is 1. The first-order chi connectivity index (χ1) is 12.7. The van der Waals surface area contributed by atoms with E-state index in [4.69, 9.17) is 4.74 Å². The zero-order chi connectivity index (χ0) is 20.1. The molecule has 1 aliphatic heterocycles. The topological polar surface area (TPSA) is 102 Å². The summed E-state index contributed by atoms with van der Waals surface area (Å²) in [6.07, 6.45) is 2.73. The molecule has 2 atom stereocenters. The minimum absolute atomic E-state index is 0.0623. The van der Waals surface area contributed by atoms with Gasteiger partial charge in [-0.2, -0.15) is 11.8 Å². The Morgan fingerprint density at radius 3 is 2.63 bits per heavy atom. The lowest BCUT2D eigenvalue weighted by atomic mass is 10.0. The average molecular weight is 415 g/mol. The van der Waals surface area contributed by atoms with Gasteiger partial charge in [0, 0.05) is 0 Å². The molecule has 2 unspecified atom stereocenters. The van der Waals surface area contributed by atoms with E-state index in [9.17, 15) is 18.0 Å². The van der Waals surface area contributed by atoms with Gasteiger partial charge in [0.15, 0.2) is 9.84 Å². The third-order valence-electron chi connectivity index (χ3n) is 4.51. The number of hydrogen-bond donors (Lipinski definition) is 2. The Morgan fingerprint density at radius 1 is 1.33 bits per heavy atom. The Labute approximate surface area is 164 Å². The van der Waals surface area contributed by atoms with Crippen LogP contribution in [0.25, 0.3) is 0 Å². The van der Waals surface area contributed by atoms with Crippen molar-refractivity contribution >= 4 is 33.4 Å². The zero-order valence-electron chi connectivity index (χ0n) is 15.8. The molecule has 2 N–H and O–H groups in total. The number of methoxy groups -OCH3 is 1. The molecule has 7 nitrogen and oxygen atoms in total. The van der Waals surface area contributed by atoms with Crippen LogP contribution >= 0.6 is 11.8 Å². The largest absolute Gasteiger partial charge is 0.496 e. The van der Waals surface area contributed by atoms with Crippen molar-refractivity contribution in [2.24, 2.45) is 0 Å². The van der Waals surface area contributed by atoms with Crippen molar-refractivity contribution in [2.45, 2.75) is 31.3 Å². The predicted molar refractivity (Wildman–Crippen MR) is 107 cm³/mol. The van der Waals surface area contributed by atoms with Gasteiger partial charge in [-0.05, 0) is 43.9 Å². The van der Waals surface area contributed by atoms with E-state index in [-0.39, 0.29) is 17.4 Å². The highest BCUT2D eigenvalue weighted by molar-refractivity contribution is 7.98. The Morgan fingerprint density at radius 2 is 2.04 bits per heavy atom. The molecule has 150 valence electrons. The zero-order valence-corrected chi connectivity index (χ0v) is 17.4. The Hall–Kier alpha value is -1.74. The quantitative estimate of drug-likeness (QED) is 0.664. The number of ether oxygens (including phenoxy) is 1. The summed E-state index contributed by atoms with van der Waals surface area (Å²) in [6.45, 7) is 1.73. The fourth-order valence-corrected chi connectivity index (χ4v) is 5.63. The summed E-state index contributed by atoms with van der Waals surface area (Å²) >= 11 is 1.57. The van der Waals surface area contributed by atoms with Crippen LogP contribution in [0.5, 0.6) is 5.75 Å². The average Bonchev–Trinajstić information content (AvgIpc) is 2.90. The first kappa shape index (κ1) is 21.6. The van der Waals surface area contributed by atoms with E-state index in [0.29, 0.717) is 29.9 Å². The summed E-state index contributed by atoms with van der Waals surface area (Å²) < 4.78 is 28.7. The van der Waals surface area contributed by atoms with Crippen LogP contribution in [0.1, 0.15) is 30.1 Å². The van der Waals surface area contributed by atoms with Crippen molar-refractivity contribution < 1.29 is 22.7 Å².